The summed E-state index contributed by atoms with van der Waals surface area (Å²) in [6.45, 7) is 4.83. The molecule has 0 aromatic carbocycles. The van der Waals surface area contributed by atoms with Gasteiger partial charge in [0.2, 0.25) is 5.91 Å². The van der Waals surface area contributed by atoms with Crippen LogP contribution in [0.15, 0.2) is 18.3 Å². The van der Waals surface area contributed by atoms with Crippen LogP contribution in [0.3, 0.4) is 0 Å². The van der Waals surface area contributed by atoms with Gasteiger partial charge in [-0.15, -0.1) is 0 Å². The van der Waals surface area contributed by atoms with Crippen LogP contribution in [0.2, 0.25) is 0 Å². The van der Waals surface area contributed by atoms with Gasteiger partial charge in [0.1, 0.15) is 5.82 Å². The number of carbonyl (C=O) groups is 1. The summed E-state index contributed by atoms with van der Waals surface area (Å²) in [5.41, 5.74) is 1.09. The molecule has 3 rings (SSSR count). The number of carbonyl (C=O) groups excluding carboxylic acids is 1. The summed E-state index contributed by atoms with van der Waals surface area (Å²) in [7, 11) is 0. The molecule has 0 saturated carbocycles. The van der Waals surface area contributed by atoms with E-state index in [0.29, 0.717) is 19.0 Å². The zero-order chi connectivity index (χ0) is 15.2. The number of aromatic nitrogens is 1. The third-order valence-corrected chi connectivity index (χ3v) is 4.23. The molecule has 2 aliphatic rings. The molecule has 1 aromatic rings. The topological polar surface area (TPSA) is 66.5 Å². The zero-order valence-electron chi connectivity index (χ0n) is 12.9. The van der Waals surface area contributed by atoms with E-state index in [9.17, 15) is 4.79 Å². The first kappa shape index (κ1) is 15.2. The second kappa shape index (κ2) is 7.56. The molecule has 1 atom stereocenters. The summed E-state index contributed by atoms with van der Waals surface area (Å²) in [6, 6.07) is 4.36. The van der Waals surface area contributed by atoms with Crippen molar-refractivity contribution in [3.8, 4) is 0 Å². The van der Waals surface area contributed by atoms with Gasteiger partial charge in [-0.25, -0.2) is 4.98 Å². The largest absolute Gasteiger partial charge is 0.378 e. The first-order valence-electron chi connectivity index (χ1n) is 8.09. The van der Waals surface area contributed by atoms with Gasteiger partial charge in [0, 0.05) is 38.3 Å². The van der Waals surface area contributed by atoms with Gasteiger partial charge in [0.15, 0.2) is 0 Å². The number of anilines is 1. The Bertz CT molecular complexity index is 497. The minimum absolute atomic E-state index is 0.115. The smallest absolute Gasteiger partial charge is 0.221 e. The molecule has 1 aromatic heterocycles. The van der Waals surface area contributed by atoms with Gasteiger partial charge in [-0.05, 0) is 37.1 Å². The molecule has 6 nitrogen and oxygen atoms in total. The van der Waals surface area contributed by atoms with Crippen molar-refractivity contribution in [1.82, 2.24) is 15.6 Å². The lowest BCUT2D eigenvalue weighted by atomic mass is 10.1. The van der Waals surface area contributed by atoms with Crippen LogP contribution in [0.25, 0.3) is 0 Å². The first-order chi connectivity index (χ1) is 10.8. The van der Waals surface area contributed by atoms with Crippen LogP contribution in [0.4, 0.5) is 5.82 Å². The van der Waals surface area contributed by atoms with Gasteiger partial charge in [-0.3, -0.25) is 4.79 Å². The van der Waals surface area contributed by atoms with Crippen molar-refractivity contribution in [3.05, 3.63) is 23.9 Å². The summed E-state index contributed by atoms with van der Waals surface area (Å²) in [5, 5.41) is 6.35. The summed E-state index contributed by atoms with van der Waals surface area (Å²) < 4.78 is 5.36. The summed E-state index contributed by atoms with van der Waals surface area (Å²) in [4.78, 5) is 18.6. The van der Waals surface area contributed by atoms with Gasteiger partial charge in [-0.2, -0.15) is 0 Å². The van der Waals surface area contributed by atoms with Crippen LogP contribution in [-0.2, 0) is 16.1 Å². The molecule has 0 radical (unpaired) electrons. The zero-order valence-corrected chi connectivity index (χ0v) is 12.9. The van der Waals surface area contributed by atoms with Crippen molar-refractivity contribution >= 4 is 11.7 Å². The quantitative estimate of drug-likeness (QED) is 0.837. The molecule has 2 N–H and O–H groups in total. The summed E-state index contributed by atoms with van der Waals surface area (Å²) in [5.74, 6) is 1.08. The van der Waals surface area contributed by atoms with Gasteiger partial charge >= 0.3 is 0 Å². The molecule has 2 aliphatic heterocycles. The Labute approximate surface area is 131 Å². The number of pyridine rings is 1. The van der Waals surface area contributed by atoms with Crippen LogP contribution in [0.5, 0.6) is 0 Å². The highest BCUT2D eigenvalue weighted by atomic mass is 16.5. The minimum atomic E-state index is 0.115. The lowest BCUT2D eigenvalue weighted by molar-refractivity contribution is -0.121. The van der Waals surface area contributed by atoms with Crippen molar-refractivity contribution in [2.24, 2.45) is 0 Å². The minimum Gasteiger partial charge on any atom is -0.378 e. The predicted octanol–water partition coefficient (Wildman–Crippen LogP) is 0.677. The normalized spacial score (nSPS) is 21.8. The molecule has 0 bridgehead atoms. The average Bonchev–Trinajstić information content (AvgIpc) is 3.07. The SMILES string of the molecule is O=C(CC1CCCN1)NCc1ccnc(N2CCOCC2)c1. The molecule has 120 valence electrons. The van der Waals surface area contributed by atoms with Crippen LogP contribution in [0, 0.1) is 0 Å². The fraction of sp³-hybridized carbons (Fsp3) is 0.625. The molecule has 3 heterocycles. The van der Waals surface area contributed by atoms with E-state index >= 15 is 0 Å². The second-order valence-corrected chi connectivity index (χ2v) is 5.90. The summed E-state index contributed by atoms with van der Waals surface area (Å²) >= 11 is 0. The van der Waals surface area contributed by atoms with Crippen molar-refractivity contribution < 1.29 is 9.53 Å². The van der Waals surface area contributed by atoms with Crippen LogP contribution >= 0.6 is 0 Å². The Kier molecular flexibility index (Phi) is 5.24. The molecule has 22 heavy (non-hydrogen) atoms. The van der Waals surface area contributed by atoms with Gasteiger partial charge in [0.05, 0.1) is 13.2 Å². The Morgan fingerprint density at radius 3 is 3.09 bits per heavy atom. The van der Waals surface area contributed by atoms with E-state index in [-0.39, 0.29) is 5.91 Å². The number of nitrogens with one attached hydrogen (secondary N) is 2. The highest BCUT2D eigenvalue weighted by Crippen LogP contribution is 2.14. The maximum Gasteiger partial charge on any atom is 0.221 e. The monoisotopic (exact) mass is 304 g/mol. The number of rotatable bonds is 5. The van der Waals surface area contributed by atoms with Gasteiger partial charge in [-0.1, -0.05) is 0 Å². The molecule has 1 unspecified atom stereocenters. The third-order valence-electron chi connectivity index (χ3n) is 4.23. The highest BCUT2D eigenvalue weighted by molar-refractivity contribution is 5.76. The van der Waals surface area contributed by atoms with E-state index in [1.165, 1.54) is 6.42 Å². The average molecular weight is 304 g/mol. The molecule has 2 fully saturated rings. The van der Waals surface area contributed by atoms with E-state index in [2.05, 4.69) is 26.6 Å². The molecular weight excluding hydrogens is 280 g/mol. The van der Waals surface area contributed by atoms with Crippen LogP contribution < -0.4 is 15.5 Å². The third kappa shape index (κ3) is 4.18. The maximum atomic E-state index is 12.0. The fourth-order valence-electron chi connectivity index (χ4n) is 2.96. The van der Waals surface area contributed by atoms with Crippen molar-refractivity contribution in [2.75, 3.05) is 37.7 Å². The van der Waals surface area contributed by atoms with E-state index in [4.69, 9.17) is 4.74 Å². The van der Waals surface area contributed by atoms with E-state index in [1.54, 1.807) is 0 Å². The Hall–Kier alpha value is -1.66. The Balaban J connectivity index is 1.50. The van der Waals surface area contributed by atoms with E-state index in [0.717, 1.165) is 50.7 Å². The van der Waals surface area contributed by atoms with E-state index in [1.807, 2.05) is 12.3 Å². The molecule has 0 aliphatic carbocycles. The molecule has 2 saturated heterocycles. The molecule has 0 spiro atoms. The lowest BCUT2D eigenvalue weighted by Crippen LogP contribution is -2.36. The van der Waals surface area contributed by atoms with Crippen molar-refractivity contribution in [2.45, 2.75) is 31.8 Å². The number of hydrogen-bond acceptors (Lipinski definition) is 5. The van der Waals surface area contributed by atoms with Crippen LogP contribution in [0.1, 0.15) is 24.8 Å². The maximum absolute atomic E-state index is 12.0. The van der Waals surface area contributed by atoms with Crippen molar-refractivity contribution in [3.63, 3.8) is 0 Å². The fourth-order valence-corrected chi connectivity index (χ4v) is 2.96. The van der Waals surface area contributed by atoms with Gasteiger partial charge in [0.25, 0.3) is 0 Å². The Morgan fingerprint density at radius 2 is 2.32 bits per heavy atom. The first-order valence-corrected chi connectivity index (χ1v) is 8.09. The number of morpholine rings is 1. The number of ether oxygens (including phenoxy) is 1. The second-order valence-electron chi connectivity index (χ2n) is 5.90. The number of hydrogen-bond donors (Lipinski definition) is 2. The molecule has 6 heteroatoms. The summed E-state index contributed by atoms with van der Waals surface area (Å²) in [6.07, 6.45) is 4.65. The highest BCUT2D eigenvalue weighted by Gasteiger charge is 2.17. The van der Waals surface area contributed by atoms with Crippen LogP contribution in [-0.4, -0.2) is 49.8 Å². The van der Waals surface area contributed by atoms with Crippen molar-refractivity contribution in [1.29, 1.82) is 0 Å². The predicted molar refractivity (Wildman–Crippen MR) is 84.8 cm³/mol. The van der Waals surface area contributed by atoms with Gasteiger partial charge < -0.3 is 20.3 Å². The van der Waals surface area contributed by atoms with E-state index < -0.39 is 0 Å². The molecule has 1 amide bonds. The lowest BCUT2D eigenvalue weighted by Gasteiger charge is -2.28. The Morgan fingerprint density at radius 1 is 1.45 bits per heavy atom. The standard InChI is InChI=1S/C16H24N4O2/c21-16(11-14-2-1-4-17-14)19-12-13-3-5-18-15(10-13)20-6-8-22-9-7-20/h3,5,10,14,17H,1-2,4,6-9,11-12H2,(H,19,21). The number of amides is 1. The molecular formula is C16H24N4O2. The number of nitrogens with zero attached hydrogens (tertiary/aromatic N) is 2.